The van der Waals surface area contributed by atoms with E-state index >= 15 is 0 Å². The quantitative estimate of drug-likeness (QED) is 0.469. The molecule has 1 fully saturated rings. The van der Waals surface area contributed by atoms with Crippen molar-refractivity contribution in [3.05, 3.63) is 35.9 Å². The normalized spacial score (nSPS) is 26.3. The van der Waals surface area contributed by atoms with E-state index in [0.717, 1.165) is 5.56 Å². The van der Waals surface area contributed by atoms with Crippen LogP contribution in [0.5, 0.6) is 0 Å². The first-order valence-electron chi connectivity index (χ1n) is 5.32. The van der Waals surface area contributed by atoms with Crippen molar-refractivity contribution in [2.24, 2.45) is 5.73 Å². The molecule has 0 bridgehead atoms. The van der Waals surface area contributed by atoms with E-state index in [1.54, 1.807) is 31.2 Å². The van der Waals surface area contributed by atoms with Gasteiger partial charge in [0.1, 0.15) is 6.10 Å². The van der Waals surface area contributed by atoms with Gasteiger partial charge in [0.25, 0.3) is 11.5 Å². The van der Waals surface area contributed by atoms with E-state index in [-0.39, 0.29) is 6.61 Å². The minimum Gasteiger partial charge on any atom is -0.463 e. The molecule has 2 N–H and O–H groups in total. The molecule has 5 heteroatoms. The molecule has 0 spiro atoms. The lowest BCUT2D eigenvalue weighted by Crippen LogP contribution is -2.41. The van der Waals surface area contributed by atoms with Crippen molar-refractivity contribution >= 4 is 11.9 Å². The lowest BCUT2D eigenvalue weighted by molar-refractivity contribution is -0.153. The van der Waals surface area contributed by atoms with Crippen LogP contribution in [0.2, 0.25) is 0 Å². The molecule has 90 valence electrons. The number of benzene rings is 1. The highest BCUT2D eigenvalue weighted by molar-refractivity contribution is 6.09. The first kappa shape index (κ1) is 11.6. The number of hydrogen-bond acceptors (Lipinski definition) is 4. The highest BCUT2D eigenvalue weighted by atomic mass is 16.7. The van der Waals surface area contributed by atoms with E-state index in [9.17, 15) is 9.59 Å². The predicted octanol–water partition coefficient (Wildman–Crippen LogP) is 0.545. The number of esters is 1. The Hall–Kier alpha value is -1.88. The van der Waals surface area contributed by atoms with Gasteiger partial charge in [0.15, 0.2) is 0 Å². The summed E-state index contributed by atoms with van der Waals surface area (Å²) in [5.41, 5.74) is 4.32. The summed E-state index contributed by atoms with van der Waals surface area (Å²) in [5.74, 6) is -1.54. The monoisotopic (exact) mass is 235 g/mol. The molecule has 1 aromatic carbocycles. The number of primary amides is 1. The second-order valence-corrected chi connectivity index (χ2v) is 3.73. The fraction of sp³-hybridized carbons (Fsp3) is 0.333. The molecule has 1 aromatic rings. The molecular formula is C12H13NO4. The van der Waals surface area contributed by atoms with Crippen LogP contribution in [0.4, 0.5) is 0 Å². The number of ether oxygens (including phenoxy) is 2. The van der Waals surface area contributed by atoms with Gasteiger partial charge in [0.05, 0.1) is 6.61 Å². The zero-order valence-corrected chi connectivity index (χ0v) is 9.38. The van der Waals surface area contributed by atoms with Crippen molar-refractivity contribution in [1.82, 2.24) is 0 Å². The maximum Gasteiger partial charge on any atom is 0.351 e. The molecule has 1 aliphatic rings. The fourth-order valence-corrected chi connectivity index (χ4v) is 1.76. The average molecular weight is 235 g/mol. The molecule has 0 radical (unpaired) electrons. The predicted molar refractivity (Wildman–Crippen MR) is 58.8 cm³/mol. The largest absolute Gasteiger partial charge is 0.463 e. The zero-order chi connectivity index (χ0) is 12.5. The van der Waals surface area contributed by atoms with Crippen LogP contribution >= 0.6 is 0 Å². The summed E-state index contributed by atoms with van der Waals surface area (Å²) in [4.78, 5) is 23.1. The molecule has 0 saturated carbocycles. The second-order valence-electron chi connectivity index (χ2n) is 3.73. The fourth-order valence-electron chi connectivity index (χ4n) is 1.76. The van der Waals surface area contributed by atoms with E-state index in [0.29, 0.717) is 0 Å². The maximum absolute atomic E-state index is 11.7. The first-order chi connectivity index (χ1) is 8.13. The minimum absolute atomic E-state index is 0.179. The summed E-state index contributed by atoms with van der Waals surface area (Å²) < 4.78 is 10.0. The number of epoxide rings is 1. The number of hydrogen-bond donors (Lipinski definition) is 1. The van der Waals surface area contributed by atoms with Gasteiger partial charge in [0.2, 0.25) is 0 Å². The Kier molecular flexibility index (Phi) is 2.85. The van der Waals surface area contributed by atoms with Crippen molar-refractivity contribution < 1.29 is 19.1 Å². The van der Waals surface area contributed by atoms with Crippen molar-refractivity contribution in [3.8, 4) is 0 Å². The van der Waals surface area contributed by atoms with Crippen molar-refractivity contribution in [3.63, 3.8) is 0 Å². The van der Waals surface area contributed by atoms with Crippen LogP contribution in [0.3, 0.4) is 0 Å². The van der Waals surface area contributed by atoms with Crippen LogP contribution in [-0.2, 0) is 19.1 Å². The summed E-state index contributed by atoms with van der Waals surface area (Å²) in [6.45, 7) is 1.84. The average Bonchev–Trinajstić information content (AvgIpc) is 3.07. The summed E-state index contributed by atoms with van der Waals surface area (Å²) in [6, 6.07) is 8.98. The molecule has 2 unspecified atom stereocenters. The molecule has 1 amide bonds. The van der Waals surface area contributed by atoms with Crippen molar-refractivity contribution in [2.45, 2.75) is 18.6 Å². The van der Waals surface area contributed by atoms with Crippen LogP contribution in [0.1, 0.15) is 18.6 Å². The molecule has 0 aliphatic carbocycles. The number of rotatable bonds is 4. The van der Waals surface area contributed by atoms with Gasteiger partial charge in [0, 0.05) is 0 Å². The lowest BCUT2D eigenvalue weighted by Gasteiger charge is -2.07. The minimum atomic E-state index is -1.64. The summed E-state index contributed by atoms with van der Waals surface area (Å²) in [5, 5.41) is 0. The third-order valence-corrected chi connectivity index (χ3v) is 2.66. The van der Waals surface area contributed by atoms with E-state index < -0.39 is 23.6 Å². The van der Waals surface area contributed by atoms with Gasteiger partial charge in [-0.25, -0.2) is 4.79 Å². The molecule has 1 heterocycles. The second kappa shape index (κ2) is 4.18. The van der Waals surface area contributed by atoms with Crippen molar-refractivity contribution in [2.75, 3.05) is 6.61 Å². The number of carbonyl (C=O) groups is 2. The van der Waals surface area contributed by atoms with Crippen LogP contribution in [0.25, 0.3) is 0 Å². The Balaban J connectivity index is 2.25. The SMILES string of the molecule is CCOC(=O)C1(C(N)=O)OC1c1ccccc1. The number of nitrogens with two attached hydrogens (primary N) is 1. The van der Waals surface area contributed by atoms with Crippen LogP contribution in [0.15, 0.2) is 30.3 Å². The number of carbonyl (C=O) groups excluding carboxylic acids is 2. The van der Waals surface area contributed by atoms with Gasteiger partial charge in [-0.05, 0) is 12.5 Å². The highest BCUT2D eigenvalue weighted by Gasteiger charge is 2.69. The molecular weight excluding hydrogens is 222 g/mol. The third kappa shape index (κ3) is 1.78. The van der Waals surface area contributed by atoms with Gasteiger partial charge in [-0.1, -0.05) is 30.3 Å². The first-order valence-corrected chi connectivity index (χ1v) is 5.32. The maximum atomic E-state index is 11.7. The molecule has 2 rings (SSSR count). The molecule has 2 atom stereocenters. The molecule has 5 nitrogen and oxygen atoms in total. The van der Waals surface area contributed by atoms with Gasteiger partial charge < -0.3 is 15.2 Å². The van der Waals surface area contributed by atoms with Crippen molar-refractivity contribution in [1.29, 1.82) is 0 Å². The van der Waals surface area contributed by atoms with Gasteiger partial charge in [-0.15, -0.1) is 0 Å². The molecule has 17 heavy (non-hydrogen) atoms. The lowest BCUT2D eigenvalue weighted by atomic mass is 9.99. The Morgan fingerprint density at radius 2 is 2.06 bits per heavy atom. The Morgan fingerprint density at radius 3 is 2.59 bits per heavy atom. The number of amides is 1. The Bertz CT molecular complexity index is 445. The summed E-state index contributed by atoms with van der Waals surface area (Å²) in [6.07, 6.45) is -0.639. The molecule has 0 aromatic heterocycles. The van der Waals surface area contributed by atoms with E-state index in [2.05, 4.69) is 0 Å². The molecule has 1 saturated heterocycles. The summed E-state index contributed by atoms with van der Waals surface area (Å²) in [7, 11) is 0. The van der Waals surface area contributed by atoms with E-state index in [1.165, 1.54) is 0 Å². The van der Waals surface area contributed by atoms with Gasteiger partial charge in [-0.2, -0.15) is 0 Å². The van der Waals surface area contributed by atoms with Crippen LogP contribution in [0, 0.1) is 0 Å². The standard InChI is InChI=1S/C12H13NO4/c1-2-16-11(15)12(10(13)14)9(17-12)8-6-4-3-5-7-8/h3-7,9H,2H2,1H3,(H2,13,14). The zero-order valence-electron chi connectivity index (χ0n) is 9.38. The van der Waals surface area contributed by atoms with Gasteiger partial charge in [-0.3, -0.25) is 4.79 Å². The van der Waals surface area contributed by atoms with E-state index in [4.69, 9.17) is 15.2 Å². The summed E-state index contributed by atoms with van der Waals surface area (Å²) >= 11 is 0. The third-order valence-electron chi connectivity index (χ3n) is 2.66. The van der Waals surface area contributed by atoms with Crippen LogP contribution < -0.4 is 5.73 Å². The van der Waals surface area contributed by atoms with Gasteiger partial charge >= 0.3 is 5.97 Å². The smallest absolute Gasteiger partial charge is 0.351 e. The van der Waals surface area contributed by atoms with Crippen LogP contribution in [-0.4, -0.2) is 24.1 Å². The highest BCUT2D eigenvalue weighted by Crippen LogP contribution is 2.50. The Labute approximate surface area is 98.5 Å². The topological polar surface area (TPSA) is 81.9 Å². The van der Waals surface area contributed by atoms with E-state index in [1.807, 2.05) is 6.07 Å². The molecule has 1 aliphatic heterocycles. The Morgan fingerprint density at radius 1 is 1.41 bits per heavy atom.